The molecular formula is C20H25ClN2O3S. The van der Waals surface area contributed by atoms with Crippen LogP contribution in [0.1, 0.15) is 39.8 Å². The van der Waals surface area contributed by atoms with Gasteiger partial charge in [-0.2, -0.15) is 0 Å². The topological polar surface area (TPSA) is 59.4 Å². The summed E-state index contributed by atoms with van der Waals surface area (Å²) in [5.41, 5.74) is 3.53. The van der Waals surface area contributed by atoms with E-state index in [2.05, 4.69) is 0 Å². The zero-order chi connectivity index (χ0) is 19.8. The molecule has 5 nitrogen and oxygen atoms in total. The van der Waals surface area contributed by atoms with Gasteiger partial charge in [0.15, 0.2) is 15.6 Å². The summed E-state index contributed by atoms with van der Waals surface area (Å²) in [5, 5.41) is 0.683. The van der Waals surface area contributed by atoms with Crippen LogP contribution in [0.4, 0.5) is 0 Å². The molecular weight excluding hydrogens is 384 g/mol. The van der Waals surface area contributed by atoms with E-state index in [1.165, 1.54) is 0 Å². The minimum absolute atomic E-state index is 0.0414. The molecule has 1 aliphatic heterocycles. The summed E-state index contributed by atoms with van der Waals surface area (Å²) in [6.45, 7) is 4.76. The lowest BCUT2D eigenvalue weighted by Gasteiger charge is -2.18. The Morgan fingerprint density at radius 1 is 1.30 bits per heavy atom. The number of aryl methyl sites for hydroxylation is 1. The van der Waals surface area contributed by atoms with Gasteiger partial charge in [-0.25, -0.2) is 8.42 Å². The third kappa shape index (κ3) is 4.62. The van der Waals surface area contributed by atoms with Crippen LogP contribution in [0.15, 0.2) is 30.3 Å². The van der Waals surface area contributed by atoms with E-state index >= 15 is 0 Å². The van der Waals surface area contributed by atoms with Gasteiger partial charge in [0.2, 0.25) is 0 Å². The van der Waals surface area contributed by atoms with Crippen molar-refractivity contribution in [3.8, 4) is 0 Å². The number of ketones is 1. The molecule has 1 saturated heterocycles. The number of likely N-dealkylation sites (N-methyl/N-ethyl adjacent to an activating group) is 1. The maximum absolute atomic E-state index is 12.8. The van der Waals surface area contributed by atoms with Crippen molar-refractivity contribution in [2.24, 2.45) is 0 Å². The number of benzene rings is 1. The van der Waals surface area contributed by atoms with Gasteiger partial charge >= 0.3 is 0 Å². The first-order valence-corrected chi connectivity index (χ1v) is 11.2. The van der Waals surface area contributed by atoms with Crippen LogP contribution >= 0.6 is 11.6 Å². The Kier molecular flexibility index (Phi) is 5.79. The van der Waals surface area contributed by atoms with Crippen LogP contribution in [0.3, 0.4) is 0 Å². The van der Waals surface area contributed by atoms with Gasteiger partial charge in [-0.3, -0.25) is 9.69 Å². The highest BCUT2D eigenvalue weighted by Gasteiger charge is 2.31. The highest BCUT2D eigenvalue weighted by molar-refractivity contribution is 7.91. The van der Waals surface area contributed by atoms with Gasteiger partial charge in [0, 0.05) is 34.6 Å². The van der Waals surface area contributed by atoms with Gasteiger partial charge in [0.1, 0.15) is 0 Å². The fourth-order valence-electron chi connectivity index (χ4n) is 3.93. The third-order valence-corrected chi connectivity index (χ3v) is 7.10. The molecule has 7 heteroatoms. The Morgan fingerprint density at radius 2 is 2.04 bits per heavy atom. The van der Waals surface area contributed by atoms with E-state index in [0.29, 0.717) is 30.1 Å². The Hall–Kier alpha value is -1.63. The first kappa shape index (κ1) is 20.1. The average Bonchev–Trinajstić information content (AvgIpc) is 3.06. The van der Waals surface area contributed by atoms with Crippen LogP contribution in [0.5, 0.6) is 0 Å². The summed E-state index contributed by atoms with van der Waals surface area (Å²) in [6, 6.07) is 9.43. The summed E-state index contributed by atoms with van der Waals surface area (Å²) < 4.78 is 25.7. The number of nitrogens with zero attached hydrogens (tertiary/aromatic N) is 2. The number of hydrogen-bond acceptors (Lipinski definition) is 4. The number of halogens is 1. The summed E-state index contributed by atoms with van der Waals surface area (Å²) in [7, 11) is -1.07. The van der Waals surface area contributed by atoms with Crippen LogP contribution in [-0.4, -0.2) is 48.8 Å². The molecule has 3 rings (SSSR count). The quantitative estimate of drug-likeness (QED) is 0.687. The lowest BCUT2D eigenvalue weighted by atomic mass is 10.1. The molecule has 0 spiro atoms. The van der Waals surface area contributed by atoms with E-state index < -0.39 is 9.84 Å². The predicted octanol–water partition coefficient (Wildman–Crippen LogP) is 3.43. The van der Waals surface area contributed by atoms with E-state index in [0.717, 1.165) is 17.0 Å². The van der Waals surface area contributed by atoms with E-state index in [1.54, 1.807) is 0 Å². The number of Topliss-reactive ketones (excluding diaryl/α,β-unsaturated/α-hetero) is 1. The summed E-state index contributed by atoms with van der Waals surface area (Å²) in [6.07, 6.45) is 0.612. The van der Waals surface area contributed by atoms with Gasteiger partial charge < -0.3 is 4.57 Å². The van der Waals surface area contributed by atoms with E-state index in [1.807, 2.05) is 60.7 Å². The predicted molar refractivity (Wildman–Crippen MR) is 108 cm³/mol. The smallest absolute Gasteiger partial charge is 0.178 e. The first-order valence-electron chi connectivity index (χ1n) is 9.01. The molecule has 0 N–H and O–H groups in total. The first-order chi connectivity index (χ1) is 12.7. The van der Waals surface area contributed by atoms with Crippen molar-refractivity contribution >= 4 is 27.2 Å². The zero-order valence-electron chi connectivity index (χ0n) is 15.9. The van der Waals surface area contributed by atoms with Crippen molar-refractivity contribution in [3.05, 3.63) is 57.9 Å². The number of carbonyl (C=O) groups excluding carboxylic acids is 1. The number of hydrogen-bond donors (Lipinski definition) is 0. The molecule has 2 aromatic rings. The molecule has 1 aromatic heterocycles. The summed E-state index contributed by atoms with van der Waals surface area (Å²) in [4.78, 5) is 14.8. The van der Waals surface area contributed by atoms with E-state index in [-0.39, 0.29) is 23.3 Å². The standard InChI is InChI=1S/C20H25ClN2O3S/c1-14-9-19(15(2)23(14)18-7-8-27(25,26)13-18)20(24)12-22(3)11-16-5-4-6-17(21)10-16/h4-6,9-10,18H,7-8,11-13H2,1-3H3. The molecule has 1 unspecified atom stereocenters. The largest absolute Gasteiger partial charge is 0.344 e. The van der Waals surface area contributed by atoms with Crippen molar-refractivity contribution in [2.45, 2.75) is 32.9 Å². The lowest BCUT2D eigenvalue weighted by molar-refractivity contribution is 0.0942. The minimum atomic E-state index is -2.97. The Bertz CT molecular complexity index is 966. The van der Waals surface area contributed by atoms with Crippen molar-refractivity contribution in [3.63, 3.8) is 0 Å². The molecule has 0 amide bonds. The number of aromatic nitrogens is 1. The van der Waals surface area contributed by atoms with Crippen LogP contribution in [0.2, 0.25) is 5.02 Å². The van der Waals surface area contributed by atoms with Crippen molar-refractivity contribution in [2.75, 3.05) is 25.1 Å². The Balaban J connectivity index is 1.73. The van der Waals surface area contributed by atoms with Crippen LogP contribution in [-0.2, 0) is 16.4 Å². The van der Waals surface area contributed by atoms with Gasteiger partial charge in [-0.1, -0.05) is 23.7 Å². The highest BCUT2D eigenvalue weighted by atomic mass is 35.5. The number of rotatable bonds is 6. The molecule has 2 heterocycles. The molecule has 1 aliphatic rings. The van der Waals surface area contributed by atoms with Gasteiger partial charge in [-0.05, 0) is 51.1 Å². The average molecular weight is 409 g/mol. The second-order valence-corrected chi connectivity index (χ2v) is 10.1. The van der Waals surface area contributed by atoms with Crippen molar-refractivity contribution in [1.82, 2.24) is 9.47 Å². The maximum atomic E-state index is 12.8. The monoisotopic (exact) mass is 408 g/mol. The lowest BCUT2D eigenvalue weighted by Crippen LogP contribution is -2.26. The second-order valence-electron chi connectivity index (χ2n) is 7.44. The molecule has 146 valence electrons. The summed E-state index contributed by atoms with van der Waals surface area (Å²) >= 11 is 6.02. The fraction of sp³-hybridized carbons (Fsp3) is 0.450. The molecule has 0 bridgehead atoms. The molecule has 27 heavy (non-hydrogen) atoms. The van der Waals surface area contributed by atoms with E-state index in [4.69, 9.17) is 11.6 Å². The maximum Gasteiger partial charge on any atom is 0.178 e. The SMILES string of the molecule is Cc1cc(C(=O)CN(C)Cc2cccc(Cl)c2)c(C)n1C1CCS(=O)(=O)C1. The molecule has 1 atom stereocenters. The van der Waals surface area contributed by atoms with Crippen molar-refractivity contribution in [1.29, 1.82) is 0 Å². The normalized spacial score (nSPS) is 18.9. The third-order valence-electron chi connectivity index (χ3n) is 5.11. The number of sulfone groups is 1. The van der Waals surface area contributed by atoms with Gasteiger partial charge in [-0.15, -0.1) is 0 Å². The highest BCUT2D eigenvalue weighted by Crippen LogP contribution is 2.29. The van der Waals surface area contributed by atoms with Gasteiger partial charge in [0.05, 0.1) is 18.1 Å². The van der Waals surface area contributed by atoms with E-state index in [9.17, 15) is 13.2 Å². The molecule has 0 radical (unpaired) electrons. The Morgan fingerprint density at radius 3 is 2.67 bits per heavy atom. The number of carbonyl (C=O) groups is 1. The van der Waals surface area contributed by atoms with Gasteiger partial charge in [0.25, 0.3) is 0 Å². The molecule has 1 fully saturated rings. The van der Waals surface area contributed by atoms with Crippen LogP contribution < -0.4 is 0 Å². The minimum Gasteiger partial charge on any atom is -0.344 e. The molecule has 1 aromatic carbocycles. The van der Waals surface area contributed by atoms with Crippen LogP contribution in [0, 0.1) is 13.8 Å². The van der Waals surface area contributed by atoms with Crippen LogP contribution in [0.25, 0.3) is 0 Å². The Labute approximate surface area is 165 Å². The fourth-order valence-corrected chi connectivity index (χ4v) is 5.85. The van der Waals surface area contributed by atoms with Crippen molar-refractivity contribution < 1.29 is 13.2 Å². The second kappa shape index (κ2) is 7.78. The summed E-state index contributed by atoms with van der Waals surface area (Å²) in [5.74, 6) is 0.422. The zero-order valence-corrected chi connectivity index (χ0v) is 17.5. The molecule has 0 saturated carbocycles. The molecule has 0 aliphatic carbocycles.